The number of piperidine rings is 1. The molecule has 0 bridgehead atoms. The zero-order chi connectivity index (χ0) is 15.8. The molecule has 6 nitrogen and oxygen atoms in total. The Labute approximate surface area is 137 Å². The lowest BCUT2D eigenvalue weighted by Gasteiger charge is -2.38. The molecule has 4 rings (SSSR count). The number of hydrogen-bond acceptors (Lipinski definition) is 4. The van der Waals surface area contributed by atoms with Crippen LogP contribution in [0.5, 0.6) is 0 Å². The van der Waals surface area contributed by atoms with Crippen molar-refractivity contribution in [3.8, 4) is 0 Å². The van der Waals surface area contributed by atoms with E-state index in [2.05, 4.69) is 21.9 Å². The number of carbonyl (C=O) groups is 1. The van der Waals surface area contributed by atoms with Crippen molar-refractivity contribution < 1.29 is 9.53 Å². The third-order valence-electron chi connectivity index (χ3n) is 5.84. The first-order valence-corrected chi connectivity index (χ1v) is 8.82. The number of carbonyl (C=O) groups excluding carboxylic acids is 1. The van der Waals surface area contributed by atoms with E-state index < -0.39 is 0 Å². The van der Waals surface area contributed by atoms with Crippen LogP contribution in [-0.2, 0) is 16.1 Å². The fraction of sp³-hybridized carbons (Fsp3) is 0.765. The standard InChI is InChI=1S/C17H26N4O2/c1-19-14(12-21-7-3-6-18-21)10-13-11-20(8-5-15(13)19)17(22)16-4-2-9-23-16/h3,6-7,13-16H,2,4-5,8-12H2,1H3/t13-,14?,15+,16?/m1/s1. The smallest absolute Gasteiger partial charge is 0.251 e. The highest BCUT2D eigenvalue weighted by molar-refractivity contribution is 5.81. The number of fused-ring (bicyclic) bond motifs is 1. The average molecular weight is 318 g/mol. The summed E-state index contributed by atoms with van der Waals surface area (Å²) >= 11 is 0. The number of rotatable bonds is 3. The van der Waals surface area contributed by atoms with Crippen LogP contribution in [0.15, 0.2) is 18.5 Å². The van der Waals surface area contributed by atoms with E-state index >= 15 is 0 Å². The molecule has 0 aliphatic carbocycles. The molecule has 0 aromatic carbocycles. The number of likely N-dealkylation sites (N-methyl/N-ethyl adjacent to an activating group) is 1. The molecule has 2 unspecified atom stereocenters. The Morgan fingerprint density at radius 3 is 3.04 bits per heavy atom. The van der Waals surface area contributed by atoms with E-state index in [-0.39, 0.29) is 12.0 Å². The fourth-order valence-electron chi connectivity index (χ4n) is 4.58. The van der Waals surface area contributed by atoms with Gasteiger partial charge in [0, 0.05) is 44.2 Å². The first kappa shape index (κ1) is 15.1. The Hall–Kier alpha value is -1.40. The number of likely N-dealkylation sites (tertiary alicyclic amines) is 2. The minimum Gasteiger partial charge on any atom is -0.368 e. The van der Waals surface area contributed by atoms with Gasteiger partial charge in [-0.05, 0) is 44.7 Å². The van der Waals surface area contributed by atoms with Gasteiger partial charge < -0.3 is 9.64 Å². The SMILES string of the molecule is CN1C(Cn2cccn2)C[C@@H]2CN(C(=O)C3CCCO3)CC[C@@H]21. The molecule has 3 fully saturated rings. The molecular weight excluding hydrogens is 292 g/mol. The Bertz CT molecular complexity index is 541. The van der Waals surface area contributed by atoms with Crippen molar-refractivity contribution in [1.29, 1.82) is 0 Å². The van der Waals surface area contributed by atoms with Gasteiger partial charge in [-0.25, -0.2) is 0 Å². The van der Waals surface area contributed by atoms with Crippen LogP contribution in [0.25, 0.3) is 0 Å². The van der Waals surface area contributed by atoms with Crippen molar-refractivity contribution in [2.24, 2.45) is 5.92 Å². The highest BCUT2D eigenvalue weighted by atomic mass is 16.5. The second kappa shape index (κ2) is 6.24. The predicted molar refractivity (Wildman–Crippen MR) is 85.8 cm³/mol. The van der Waals surface area contributed by atoms with Crippen LogP contribution in [0.3, 0.4) is 0 Å². The zero-order valence-corrected chi connectivity index (χ0v) is 13.8. The maximum Gasteiger partial charge on any atom is 0.251 e. The Morgan fingerprint density at radius 1 is 1.39 bits per heavy atom. The number of aromatic nitrogens is 2. The first-order chi connectivity index (χ1) is 11.2. The largest absolute Gasteiger partial charge is 0.368 e. The summed E-state index contributed by atoms with van der Waals surface area (Å²) in [5, 5.41) is 4.34. The van der Waals surface area contributed by atoms with E-state index in [1.54, 1.807) is 0 Å². The summed E-state index contributed by atoms with van der Waals surface area (Å²) in [7, 11) is 2.23. The number of nitrogens with zero attached hydrogens (tertiary/aromatic N) is 4. The molecule has 1 aromatic rings. The van der Waals surface area contributed by atoms with Gasteiger partial charge in [0.2, 0.25) is 0 Å². The fourth-order valence-corrected chi connectivity index (χ4v) is 4.58. The second-order valence-electron chi connectivity index (χ2n) is 7.19. The van der Waals surface area contributed by atoms with Crippen LogP contribution in [0.1, 0.15) is 25.7 Å². The Kier molecular flexibility index (Phi) is 4.11. The van der Waals surface area contributed by atoms with Crippen molar-refractivity contribution >= 4 is 5.91 Å². The zero-order valence-electron chi connectivity index (χ0n) is 13.8. The van der Waals surface area contributed by atoms with Crippen LogP contribution in [0.4, 0.5) is 0 Å². The van der Waals surface area contributed by atoms with Crippen LogP contribution in [0, 0.1) is 5.92 Å². The highest BCUT2D eigenvalue weighted by Crippen LogP contribution is 2.35. The van der Waals surface area contributed by atoms with Crippen LogP contribution < -0.4 is 0 Å². The molecule has 1 amide bonds. The van der Waals surface area contributed by atoms with Crippen molar-refractivity contribution in [3.63, 3.8) is 0 Å². The van der Waals surface area contributed by atoms with Gasteiger partial charge in [-0.1, -0.05) is 0 Å². The van der Waals surface area contributed by atoms with E-state index in [1.165, 1.54) is 0 Å². The van der Waals surface area contributed by atoms with Gasteiger partial charge in [-0.15, -0.1) is 0 Å². The molecular formula is C17H26N4O2. The summed E-state index contributed by atoms with van der Waals surface area (Å²) in [6.07, 6.45) is 7.83. The van der Waals surface area contributed by atoms with E-state index in [4.69, 9.17) is 4.74 Å². The van der Waals surface area contributed by atoms with Gasteiger partial charge in [0.25, 0.3) is 5.91 Å². The van der Waals surface area contributed by atoms with Gasteiger partial charge in [-0.3, -0.25) is 14.4 Å². The van der Waals surface area contributed by atoms with E-state index in [9.17, 15) is 4.79 Å². The normalized spacial score (nSPS) is 34.7. The Morgan fingerprint density at radius 2 is 2.30 bits per heavy atom. The average Bonchev–Trinajstić information content (AvgIpc) is 3.30. The van der Waals surface area contributed by atoms with Crippen LogP contribution in [-0.4, -0.2) is 70.4 Å². The monoisotopic (exact) mass is 318 g/mol. The number of ether oxygens (including phenoxy) is 1. The van der Waals surface area contributed by atoms with E-state index in [0.717, 1.165) is 51.9 Å². The lowest BCUT2D eigenvalue weighted by molar-refractivity contribution is -0.143. The van der Waals surface area contributed by atoms with Crippen molar-refractivity contribution in [2.75, 3.05) is 26.7 Å². The molecule has 3 saturated heterocycles. The summed E-state index contributed by atoms with van der Waals surface area (Å²) < 4.78 is 7.60. The maximum absolute atomic E-state index is 12.6. The Balaban J connectivity index is 1.38. The first-order valence-electron chi connectivity index (χ1n) is 8.82. The third-order valence-corrected chi connectivity index (χ3v) is 5.84. The van der Waals surface area contributed by atoms with Gasteiger partial charge in [-0.2, -0.15) is 5.10 Å². The van der Waals surface area contributed by atoms with Crippen LogP contribution in [0.2, 0.25) is 0 Å². The van der Waals surface area contributed by atoms with Crippen molar-refractivity contribution in [1.82, 2.24) is 19.6 Å². The molecule has 0 saturated carbocycles. The van der Waals surface area contributed by atoms with Crippen molar-refractivity contribution in [2.45, 2.75) is 50.4 Å². The quantitative estimate of drug-likeness (QED) is 0.834. The topological polar surface area (TPSA) is 50.6 Å². The summed E-state index contributed by atoms with van der Waals surface area (Å²) in [6.45, 7) is 3.45. The molecule has 4 heterocycles. The molecule has 0 N–H and O–H groups in total. The number of amides is 1. The maximum atomic E-state index is 12.6. The van der Waals surface area contributed by atoms with Crippen LogP contribution >= 0.6 is 0 Å². The highest BCUT2D eigenvalue weighted by Gasteiger charge is 2.43. The molecule has 3 aliphatic rings. The molecule has 23 heavy (non-hydrogen) atoms. The molecule has 4 atom stereocenters. The van der Waals surface area contributed by atoms with Gasteiger partial charge >= 0.3 is 0 Å². The molecule has 6 heteroatoms. The summed E-state index contributed by atoms with van der Waals surface area (Å²) in [5.41, 5.74) is 0. The third kappa shape index (κ3) is 2.90. The molecule has 1 aromatic heterocycles. The molecule has 3 aliphatic heterocycles. The minimum atomic E-state index is -0.175. The van der Waals surface area contributed by atoms with Gasteiger partial charge in [0.15, 0.2) is 0 Å². The summed E-state index contributed by atoms with van der Waals surface area (Å²) in [5.74, 6) is 0.804. The second-order valence-corrected chi connectivity index (χ2v) is 7.19. The molecule has 0 spiro atoms. The predicted octanol–water partition coefficient (Wildman–Crippen LogP) is 0.983. The van der Waals surface area contributed by atoms with Gasteiger partial charge in [0.1, 0.15) is 6.10 Å². The lowest BCUT2D eigenvalue weighted by Crippen LogP contribution is -2.50. The number of hydrogen-bond donors (Lipinski definition) is 0. The summed E-state index contributed by atoms with van der Waals surface area (Å²) in [4.78, 5) is 17.2. The van der Waals surface area contributed by atoms with Gasteiger partial charge in [0.05, 0.1) is 6.54 Å². The molecule has 0 radical (unpaired) electrons. The minimum absolute atomic E-state index is 0.175. The molecule has 126 valence electrons. The van der Waals surface area contributed by atoms with Crippen molar-refractivity contribution in [3.05, 3.63) is 18.5 Å². The lowest BCUT2D eigenvalue weighted by atomic mass is 9.91. The van der Waals surface area contributed by atoms with E-state index in [0.29, 0.717) is 18.0 Å². The van der Waals surface area contributed by atoms with E-state index in [1.807, 2.05) is 23.1 Å². The summed E-state index contributed by atoms with van der Waals surface area (Å²) in [6, 6.07) is 3.09.